The van der Waals surface area contributed by atoms with Crippen molar-refractivity contribution in [3.05, 3.63) is 454 Å². The van der Waals surface area contributed by atoms with Crippen molar-refractivity contribution in [3.63, 3.8) is 0 Å². The molecule has 0 unspecified atom stereocenters. The van der Waals surface area contributed by atoms with Crippen LogP contribution in [0.2, 0.25) is 0 Å². The molecule has 7 heteroatoms. The van der Waals surface area contributed by atoms with E-state index in [2.05, 4.69) is 489 Å². The molecule has 0 N–H and O–H groups in total. The third-order valence-corrected chi connectivity index (χ3v) is 26.4. The van der Waals surface area contributed by atoms with Gasteiger partial charge in [0.2, 0.25) is 0 Å². The van der Waals surface area contributed by atoms with Crippen LogP contribution in [0.4, 0.5) is 34.1 Å². The average Bonchev–Trinajstić information content (AvgIpc) is 1.49. The molecule has 0 bridgehead atoms. The Bertz CT molecular complexity index is 8260. The normalized spacial score (nSPS) is 12.5. The number of hydrogen-bond donors (Lipinski definition) is 0. The zero-order chi connectivity index (χ0) is 81.8. The SMILES string of the molecule is CC1(C)c2cc(-c3ccc(N(c4ccc5c(c4)c4ccccc4n5-c4ccccc4)c4ccc5c(c4)c4ccccc4n5-c4ccccc4)cc3)ccc2-c2ccc(-c3ccc4c(c3)c3cc(N(c5ccc(-c6ccc7c(c6)c6ccccc6n7-c6ccccc6)cc5)c5ccc6c(c5)c5ccccc5n6-c5ccccc5)ccc3n4-c3ccccc3)cc21. The van der Waals surface area contributed by atoms with Gasteiger partial charge in [0.25, 0.3) is 0 Å². The first-order chi connectivity index (χ1) is 61.3. The van der Waals surface area contributed by atoms with Crippen LogP contribution >= 0.6 is 0 Å². The Morgan fingerprint density at radius 1 is 0.161 bits per heavy atom. The van der Waals surface area contributed by atoms with E-state index in [0.717, 1.165) is 90.2 Å². The summed E-state index contributed by atoms with van der Waals surface area (Å²) in [6.45, 7) is 4.83. The minimum absolute atomic E-state index is 0.306. The fourth-order valence-corrected chi connectivity index (χ4v) is 20.7. The Morgan fingerprint density at radius 3 is 0.669 bits per heavy atom. The van der Waals surface area contributed by atoms with Gasteiger partial charge in [-0.3, -0.25) is 0 Å². The van der Waals surface area contributed by atoms with Crippen LogP contribution in [0.3, 0.4) is 0 Å². The van der Waals surface area contributed by atoms with Crippen molar-refractivity contribution in [3.8, 4) is 72.9 Å². The summed E-state index contributed by atoms with van der Waals surface area (Å²) in [7, 11) is 0. The van der Waals surface area contributed by atoms with Gasteiger partial charge in [0.1, 0.15) is 0 Å². The molecule has 0 atom stereocenters. The maximum absolute atomic E-state index is 2.48. The first-order valence-electron chi connectivity index (χ1n) is 42.9. The quantitative estimate of drug-likeness (QED) is 0.109. The van der Waals surface area contributed by atoms with Crippen molar-refractivity contribution in [2.45, 2.75) is 19.3 Å². The molecular weight excluding hydrogens is 1500 g/mol. The predicted molar refractivity (Wildman–Crippen MR) is 521 cm³/mol. The summed E-state index contributed by atoms with van der Waals surface area (Å²) in [6.07, 6.45) is 0. The number of rotatable bonds is 14. The van der Waals surface area contributed by atoms with Crippen LogP contribution in [0.25, 0.3) is 182 Å². The van der Waals surface area contributed by atoms with Gasteiger partial charge < -0.3 is 32.6 Å². The minimum atomic E-state index is -0.306. The van der Waals surface area contributed by atoms with Crippen molar-refractivity contribution in [1.82, 2.24) is 22.8 Å². The van der Waals surface area contributed by atoms with Gasteiger partial charge in [-0.1, -0.05) is 238 Å². The Balaban J connectivity index is 0.582. The van der Waals surface area contributed by atoms with Crippen molar-refractivity contribution >= 4 is 143 Å². The molecule has 5 heterocycles. The van der Waals surface area contributed by atoms with Crippen molar-refractivity contribution in [2.24, 2.45) is 0 Å². The molecule has 0 saturated carbocycles. The largest absolute Gasteiger partial charge is 0.310 e. The lowest BCUT2D eigenvalue weighted by Gasteiger charge is -2.26. The summed E-state index contributed by atoms with van der Waals surface area (Å²) in [4.78, 5) is 4.90. The van der Waals surface area contributed by atoms with Gasteiger partial charge in [-0.05, 0) is 274 Å². The van der Waals surface area contributed by atoms with E-state index < -0.39 is 0 Å². The topological polar surface area (TPSA) is 31.1 Å². The third kappa shape index (κ3) is 11.1. The van der Waals surface area contributed by atoms with Gasteiger partial charge >= 0.3 is 0 Å². The van der Waals surface area contributed by atoms with E-state index >= 15 is 0 Å². The summed E-state index contributed by atoms with van der Waals surface area (Å²) in [5.74, 6) is 0. The van der Waals surface area contributed by atoms with Gasteiger partial charge in [-0.25, -0.2) is 0 Å². The summed E-state index contributed by atoms with van der Waals surface area (Å²) in [5, 5.41) is 12.0. The Labute approximate surface area is 717 Å². The van der Waals surface area contributed by atoms with Crippen LogP contribution in [-0.2, 0) is 5.41 Å². The third-order valence-electron chi connectivity index (χ3n) is 26.4. The second-order valence-electron chi connectivity index (χ2n) is 33.6. The van der Waals surface area contributed by atoms with Crippen molar-refractivity contribution in [2.75, 3.05) is 9.80 Å². The second-order valence-corrected chi connectivity index (χ2v) is 33.6. The van der Waals surface area contributed by atoms with E-state index in [1.165, 1.54) is 137 Å². The molecule has 5 aromatic heterocycles. The maximum atomic E-state index is 2.48. The lowest BCUT2D eigenvalue weighted by molar-refractivity contribution is 0.661. The minimum Gasteiger partial charge on any atom is -0.310 e. The highest BCUT2D eigenvalue weighted by atomic mass is 15.2. The van der Waals surface area contributed by atoms with Crippen LogP contribution in [0.5, 0.6) is 0 Å². The fraction of sp³-hybridized carbons (Fsp3) is 0.0256. The highest BCUT2D eigenvalue weighted by Crippen LogP contribution is 2.53. The van der Waals surface area contributed by atoms with Crippen LogP contribution in [0.1, 0.15) is 25.0 Å². The number of benzene rings is 19. The highest BCUT2D eigenvalue weighted by Gasteiger charge is 2.37. The molecule has 0 amide bonds. The van der Waals surface area contributed by atoms with E-state index in [-0.39, 0.29) is 5.41 Å². The second kappa shape index (κ2) is 27.9. The van der Waals surface area contributed by atoms with Crippen LogP contribution in [0, 0.1) is 0 Å². The van der Waals surface area contributed by atoms with Crippen LogP contribution in [-0.4, -0.2) is 22.8 Å². The summed E-state index contributed by atoms with van der Waals surface area (Å²) < 4.78 is 12.0. The van der Waals surface area contributed by atoms with Gasteiger partial charge in [0.05, 0.1) is 55.2 Å². The molecule has 24 aromatic rings. The molecule has 0 saturated heterocycles. The Kier molecular flexibility index (Phi) is 15.9. The van der Waals surface area contributed by atoms with Gasteiger partial charge in [0.15, 0.2) is 0 Å². The number of hydrogen-bond acceptors (Lipinski definition) is 2. The van der Waals surface area contributed by atoms with Gasteiger partial charge in [-0.2, -0.15) is 0 Å². The lowest BCUT2D eigenvalue weighted by Crippen LogP contribution is -2.15. The molecule has 1 aliphatic rings. The maximum Gasteiger partial charge on any atom is 0.0542 e. The molecule has 0 spiro atoms. The smallest absolute Gasteiger partial charge is 0.0542 e. The summed E-state index contributed by atoms with van der Waals surface area (Å²) >= 11 is 0. The predicted octanol–water partition coefficient (Wildman–Crippen LogP) is 31.4. The van der Waals surface area contributed by atoms with E-state index in [1.807, 2.05) is 0 Å². The van der Waals surface area contributed by atoms with Gasteiger partial charge in [0, 0.05) is 122 Å². The molecule has 582 valence electrons. The van der Waals surface area contributed by atoms with Crippen LogP contribution < -0.4 is 9.80 Å². The highest BCUT2D eigenvalue weighted by molar-refractivity contribution is 6.16. The number of aromatic nitrogens is 5. The first kappa shape index (κ1) is 70.8. The van der Waals surface area contributed by atoms with E-state index in [0.29, 0.717) is 0 Å². The van der Waals surface area contributed by atoms with Crippen molar-refractivity contribution < 1.29 is 0 Å². The molecule has 25 rings (SSSR count). The zero-order valence-electron chi connectivity index (χ0n) is 68.3. The Morgan fingerprint density at radius 2 is 0.363 bits per heavy atom. The first-order valence-corrected chi connectivity index (χ1v) is 42.9. The average molecular weight is 1580 g/mol. The molecule has 19 aromatic carbocycles. The molecule has 0 aliphatic heterocycles. The summed E-state index contributed by atoms with van der Waals surface area (Å²) in [5.41, 5.74) is 35.7. The van der Waals surface area contributed by atoms with E-state index in [1.54, 1.807) is 0 Å². The summed E-state index contributed by atoms with van der Waals surface area (Å²) in [6, 6.07) is 164. The number of para-hydroxylation sites is 9. The fourth-order valence-electron chi connectivity index (χ4n) is 20.7. The molecule has 0 fully saturated rings. The van der Waals surface area contributed by atoms with E-state index in [9.17, 15) is 0 Å². The van der Waals surface area contributed by atoms with Crippen LogP contribution in [0.15, 0.2) is 443 Å². The van der Waals surface area contributed by atoms with Gasteiger partial charge in [-0.15, -0.1) is 0 Å². The lowest BCUT2D eigenvalue weighted by atomic mass is 9.81. The molecule has 1 aliphatic carbocycles. The number of fused-ring (bicyclic) bond motifs is 18. The molecular formula is C117H79N7. The molecule has 124 heavy (non-hydrogen) atoms. The number of nitrogens with zero attached hydrogens (tertiary/aromatic N) is 7. The molecule has 7 nitrogen and oxygen atoms in total. The van der Waals surface area contributed by atoms with E-state index in [4.69, 9.17) is 0 Å². The van der Waals surface area contributed by atoms with Crippen molar-refractivity contribution in [1.29, 1.82) is 0 Å². The number of anilines is 6. The Hall–Kier alpha value is -16.2. The zero-order valence-corrected chi connectivity index (χ0v) is 68.3. The molecule has 0 radical (unpaired) electrons. The monoisotopic (exact) mass is 1580 g/mol. The standard InChI is InChI=1S/C117H79N7/c1-117(2)105-70-80(77-46-54-88(55-47-77)118(89-56-64-113-101(72-89)96-37-19-23-41-108(96)121(113)83-28-10-4-11-29-83)90-57-65-114-102(73-90)97-38-20-24-42-109(97)122(114)84-30-12-5-13-31-84)48-60-93(105)94-61-49-81(71-106(94)117)79-51-63-112-100(69-79)104-75-92(59-67-116(104)124(112)86-34-16-7-17-35-86)119(91-58-66-115-103(74-91)98-39-21-25-43-110(98)123(115)85-32-14-6-15-33-85)87-52-44-76(45-53-87)78-50-62-111-99(68-78)95-36-18-22-40-107(95)120(111)82-26-8-3-9-27-82/h3-75H,1-2H3.